The van der Waals surface area contributed by atoms with Crippen LogP contribution in [0, 0.1) is 0 Å². The molecule has 0 saturated carbocycles. The Morgan fingerprint density at radius 2 is 1.85 bits per heavy atom. The summed E-state index contributed by atoms with van der Waals surface area (Å²) in [6, 6.07) is 14.2. The van der Waals surface area contributed by atoms with Crippen molar-refractivity contribution < 1.29 is 14.3 Å². The van der Waals surface area contributed by atoms with Crippen LogP contribution in [0.1, 0.15) is 26.3 Å². The van der Waals surface area contributed by atoms with Crippen LogP contribution in [0.25, 0.3) is 0 Å². The Morgan fingerprint density at radius 3 is 2.60 bits per heavy atom. The maximum Gasteiger partial charge on any atom is 0.251 e. The molecule has 0 aliphatic carbocycles. The molecule has 102 valence electrons. The molecule has 2 rings (SSSR count). The first kappa shape index (κ1) is 13.8. The van der Waals surface area contributed by atoms with E-state index in [0.29, 0.717) is 16.9 Å². The molecule has 0 aliphatic heterocycles. The van der Waals surface area contributed by atoms with Crippen molar-refractivity contribution in [1.82, 2.24) is 5.32 Å². The molecule has 1 amide bonds. The van der Waals surface area contributed by atoms with Gasteiger partial charge in [0, 0.05) is 18.2 Å². The Balaban J connectivity index is 2.19. The number of carbonyl (C=O) groups is 2. The molecule has 0 atom stereocenters. The molecule has 4 heteroatoms. The predicted octanol–water partition coefficient (Wildman–Crippen LogP) is 2.44. The summed E-state index contributed by atoms with van der Waals surface area (Å²) < 4.78 is 5.64. The zero-order chi connectivity index (χ0) is 14.4. The number of hydrogen-bond donors (Lipinski definition) is 1. The summed E-state index contributed by atoms with van der Waals surface area (Å²) in [7, 11) is 1.58. The number of nitrogens with one attached hydrogen (secondary N) is 1. The molecule has 0 bridgehead atoms. The normalized spacial score (nSPS) is 9.85. The van der Waals surface area contributed by atoms with E-state index >= 15 is 0 Å². The van der Waals surface area contributed by atoms with Crippen molar-refractivity contribution in [2.45, 2.75) is 6.61 Å². The molecule has 0 radical (unpaired) electrons. The minimum Gasteiger partial charge on any atom is -0.488 e. The Morgan fingerprint density at radius 1 is 1.15 bits per heavy atom. The summed E-state index contributed by atoms with van der Waals surface area (Å²) >= 11 is 0. The molecule has 0 heterocycles. The summed E-state index contributed by atoms with van der Waals surface area (Å²) in [4.78, 5) is 22.7. The topological polar surface area (TPSA) is 55.4 Å². The third-order valence-electron chi connectivity index (χ3n) is 2.92. The van der Waals surface area contributed by atoms with Gasteiger partial charge in [0.25, 0.3) is 5.91 Å². The number of benzene rings is 2. The van der Waals surface area contributed by atoms with Crippen molar-refractivity contribution in [3.8, 4) is 5.75 Å². The first-order valence-corrected chi connectivity index (χ1v) is 6.23. The molecular formula is C16H15NO3. The van der Waals surface area contributed by atoms with Crippen LogP contribution in [0.15, 0.2) is 48.5 Å². The fourth-order valence-electron chi connectivity index (χ4n) is 1.87. The molecule has 2 aromatic rings. The van der Waals surface area contributed by atoms with Gasteiger partial charge in [-0.05, 0) is 18.2 Å². The maximum absolute atomic E-state index is 11.7. The molecule has 0 saturated heterocycles. The second-order valence-corrected chi connectivity index (χ2v) is 4.18. The van der Waals surface area contributed by atoms with Gasteiger partial charge < -0.3 is 10.1 Å². The van der Waals surface area contributed by atoms with Crippen LogP contribution >= 0.6 is 0 Å². The smallest absolute Gasteiger partial charge is 0.251 e. The van der Waals surface area contributed by atoms with Crippen LogP contribution < -0.4 is 10.1 Å². The lowest BCUT2D eigenvalue weighted by Crippen LogP contribution is -2.20. The van der Waals surface area contributed by atoms with Crippen molar-refractivity contribution in [2.24, 2.45) is 0 Å². The number of para-hydroxylation sites is 1. The average Bonchev–Trinajstić information content (AvgIpc) is 2.52. The van der Waals surface area contributed by atoms with E-state index in [1.165, 1.54) is 0 Å². The zero-order valence-electron chi connectivity index (χ0n) is 11.1. The molecular weight excluding hydrogens is 254 g/mol. The summed E-state index contributed by atoms with van der Waals surface area (Å²) in [5.74, 6) is 0.349. The summed E-state index contributed by atoms with van der Waals surface area (Å²) in [6.45, 7) is 0.231. The second-order valence-electron chi connectivity index (χ2n) is 4.18. The minimum atomic E-state index is -0.159. The zero-order valence-corrected chi connectivity index (χ0v) is 11.1. The standard InChI is InChI=1S/C16H15NO3/c1-17-16(19)14-8-4-2-7-13(14)11-20-15-9-5-3-6-12(15)10-18/h2-10H,11H2,1H3,(H,17,19). The minimum absolute atomic E-state index is 0.159. The predicted molar refractivity (Wildman–Crippen MR) is 76.0 cm³/mol. The number of hydrogen-bond acceptors (Lipinski definition) is 3. The Labute approximate surface area is 117 Å². The fourth-order valence-corrected chi connectivity index (χ4v) is 1.87. The van der Waals surface area contributed by atoms with Gasteiger partial charge in [0.2, 0.25) is 0 Å². The summed E-state index contributed by atoms with van der Waals surface area (Å²) in [5, 5.41) is 2.59. The van der Waals surface area contributed by atoms with Crippen LogP contribution in [-0.2, 0) is 6.61 Å². The molecule has 2 aromatic carbocycles. The van der Waals surface area contributed by atoms with Crippen molar-refractivity contribution in [2.75, 3.05) is 7.05 Å². The van der Waals surface area contributed by atoms with Gasteiger partial charge in [0.1, 0.15) is 12.4 Å². The van der Waals surface area contributed by atoms with Gasteiger partial charge in [-0.2, -0.15) is 0 Å². The first-order valence-electron chi connectivity index (χ1n) is 6.23. The lowest BCUT2D eigenvalue weighted by Gasteiger charge is -2.11. The molecule has 1 N–H and O–H groups in total. The highest BCUT2D eigenvalue weighted by molar-refractivity contribution is 5.95. The van der Waals surface area contributed by atoms with Crippen molar-refractivity contribution >= 4 is 12.2 Å². The van der Waals surface area contributed by atoms with Crippen LogP contribution in [0.4, 0.5) is 0 Å². The molecule has 0 unspecified atom stereocenters. The van der Waals surface area contributed by atoms with Gasteiger partial charge >= 0.3 is 0 Å². The molecule has 0 aromatic heterocycles. The van der Waals surface area contributed by atoms with Crippen LogP contribution in [-0.4, -0.2) is 19.2 Å². The highest BCUT2D eigenvalue weighted by atomic mass is 16.5. The third-order valence-corrected chi connectivity index (χ3v) is 2.92. The molecule has 0 fully saturated rings. The summed E-state index contributed by atoms with van der Waals surface area (Å²) in [6.07, 6.45) is 0.750. The van der Waals surface area contributed by atoms with Crippen molar-refractivity contribution in [3.63, 3.8) is 0 Å². The number of carbonyl (C=O) groups excluding carboxylic acids is 2. The number of rotatable bonds is 5. The van der Waals surface area contributed by atoms with Gasteiger partial charge in [0.05, 0.1) is 5.56 Å². The molecule has 0 spiro atoms. The highest BCUT2D eigenvalue weighted by Gasteiger charge is 2.10. The fraction of sp³-hybridized carbons (Fsp3) is 0.125. The number of amides is 1. The quantitative estimate of drug-likeness (QED) is 0.848. The lowest BCUT2D eigenvalue weighted by molar-refractivity contribution is 0.0960. The van der Waals surface area contributed by atoms with E-state index < -0.39 is 0 Å². The monoisotopic (exact) mass is 269 g/mol. The van der Waals surface area contributed by atoms with Crippen molar-refractivity contribution in [1.29, 1.82) is 0 Å². The van der Waals surface area contributed by atoms with Gasteiger partial charge in [-0.3, -0.25) is 9.59 Å². The third kappa shape index (κ3) is 3.03. The summed E-state index contributed by atoms with van der Waals surface area (Å²) in [5.41, 5.74) is 1.83. The Kier molecular flexibility index (Phi) is 4.50. The molecule has 20 heavy (non-hydrogen) atoms. The van der Waals surface area contributed by atoms with E-state index in [1.807, 2.05) is 12.1 Å². The van der Waals surface area contributed by atoms with Gasteiger partial charge in [0.15, 0.2) is 6.29 Å². The SMILES string of the molecule is CNC(=O)c1ccccc1COc1ccccc1C=O. The largest absolute Gasteiger partial charge is 0.488 e. The maximum atomic E-state index is 11.7. The van der Waals surface area contributed by atoms with E-state index in [9.17, 15) is 9.59 Å². The Hall–Kier alpha value is -2.62. The van der Waals surface area contributed by atoms with Gasteiger partial charge in [-0.15, -0.1) is 0 Å². The highest BCUT2D eigenvalue weighted by Crippen LogP contribution is 2.18. The van der Waals surface area contributed by atoms with E-state index in [-0.39, 0.29) is 12.5 Å². The average molecular weight is 269 g/mol. The van der Waals surface area contributed by atoms with Gasteiger partial charge in [-0.1, -0.05) is 30.3 Å². The van der Waals surface area contributed by atoms with Crippen molar-refractivity contribution in [3.05, 3.63) is 65.2 Å². The first-order chi connectivity index (χ1) is 9.76. The number of ether oxygens (including phenoxy) is 1. The second kappa shape index (κ2) is 6.52. The van der Waals surface area contributed by atoms with E-state index in [2.05, 4.69) is 5.32 Å². The number of aldehydes is 1. The van der Waals surface area contributed by atoms with E-state index in [0.717, 1.165) is 11.8 Å². The van der Waals surface area contributed by atoms with E-state index in [1.54, 1.807) is 43.4 Å². The lowest BCUT2D eigenvalue weighted by atomic mass is 10.1. The van der Waals surface area contributed by atoms with Gasteiger partial charge in [-0.25, -0.2) is 0 Å². The van der Waals surface area contributed by atoms with Crippen LogP contribution in [0.5, 0.6) is 5.75 Å². The molecule has 4 nitrogen and oxygen atoms in total. The van der Waals surface area contributed by atoms with Crippen LogP contribution in [0.2, 0.25) is 0 Å². The van der Waals surface area contributed by atoms with Crippen LogP contribution in [0.3, 0.4) is 0 Å². The molecule has 0 aliphatic rings. The van der Waals surface area contributed by atoms with E-state index in [4.69, 9.17) is 4.74 Å². The Bertz CT molecular complexity index is 623.